The van der Waals surface area contributed by atoms with Crippen molar-refractivity contribution in [3.8, 4) is 34.3 Å². The molecule has 0 N–H and O–H groups in total. The predicted octanol–water partition coefficient (Wildman–Crippen LogP) is 2.46. The molecule has 0 atom stereocenters. The van der Waals surface area contributed by atoms with Crippen LogP contribution in [0.5, 0.6) is 11.5 Å². The zero-order chi connectivity index (χ0) is 18.6. The fourth-order valence-corrected chi connectivity index (χ4v) is 2.55. The second kappa shape index (κ2) is 7.24. The summed E-state index contributed by atoms with van der Waals surface area (Å²) in [7, 11) is 3.16. The van der Waals surface area contributed by atoms with Crippen LogP contribution in [0, 0.1) is 0 Å². The van der Waals surface area contributed by atoms with Crippen LogP contribution in [-0.4, -0.2) is 44.6 Å². The van der Waals surface area contributed by atoms with Crippen LogP contribution in [0.3, 0.4) is 0 Å². The highest BCUT2D eigenvalue weighted by atomic mass is 16.5. The lowest BCUT2D eigenvalue weighted by atomic mass is 10.2. The summed E-state index contributed by atoms with van der Waals surface area (Å²) < 4.78 is 15.8. The number of nitrogens with zero attached hydrogens (tertiary/aromatic N) is 6. The zero-order valence-electron chi connectivity index (χ0n) is 14.7. The van der Waals surface area contributed by atoms with Crippen LogP contribution in [0.25, 0.3) is 22.8 Å². The molecule has 2 aromatic heterocycles. The molecule has 2 heterocycles. The lowest BCUT2D eigenvalue weighted by Crippen LogP contribution is -2.04. The first kappa shape index (κ1) is 16.7. The molecule has 0 fully saturated rings. The molecule has 9 heteroatoms. The predicted molar refractivity (Wildman–Crippen MR) is 95.2 cm³/mol. The Morgan fingerprint density at radius 1 is 0.926 bits per heavy atom. The molecule has 4 aromatic rings. The van der Waals surface area contributed by atoms with E-state index in [2.05, 4.69) is 25.6 Å². The molecule has 0 spiro atoms. The Morgan fingerprint density at radius 2 is 1.74 bits per heavy atom. The third-order valence-electron chi connectivity index (χ3n) is 3.87. The molecule has 2 aromatic carbocycles. The van der Waals surface area contributed by atoms with E-state index in [1.807, 2.05) is 36.4 Å². The Hall–Kier alpha value is -3.75. The van der Waals surface area contributed by atoms with Gasteiger partial charge in [0.2, 0.25) is 11.6 Å². The van der Waals surface area contributed by atoms with Crippen LogP contribution in [-0.2, 0) is 6.54 Å². The molecule has 9 nitrogen and oxygen atoms in total. The Labute approximate surface area is 154 Å². The second-order valence-electron chi connectivity index (χ2n) is 5.59. The molecule has 27 heavy (non-hydrogen) atoms. The van der Waals surface area contributed by atoms with Gasteiger partial charge in [-0.1, -0.05) is 35.5 Å². The molecular formula is C18H16N6O3. The summed E-state index contributed by atoms with van der Waals surface area (Å²) >= 11 is 0. The van der Waals surface area contributed by atoms with E-state index in [4.69, 9.17) is 14.0 Å². The van der Waals surface area contributed by atoms with Crippen LogP contribution >= 0.6 is 0 Å². The second-order valence-corrected chi connectivity index (χ2v) is 5.59. The highest BCUT2D eigenvalue weighted by molar-refractivity contribution is 5.60. The topological polar surface area (TPSA) is 101 Å². The summed E-state index contributed by atoms with van der Waals surface area (Å²) in [5, 5.41) is 16.4. The Morgan fingerprint density at radius 3 is 2.52 bits per heavy atom. The van der Waals surface area contributed by atoms with E-state index >= 15 is 0 Å². The van der Waals surface area contributed by atoms with Crippen LogP contribution in [0.4, 0.5) is 0 Å². The number of hydrogen-bond acceptors (Lipinski definition) is 8. The van der Waals surface area contributed by atoms with Crippen molar-refractivity contribution in [3.63, 3.8) is 0 Å². The van der Waals surface area contributed by atoms with Gasteiger partial charge in [-0.05, 0) is 23.4 Å². The maximum atomic E-state index is 5.31. The first-order valence-corrected chi connectivity index (χ1v) is 8.15. The minimum Gasteiger partial charge on any atom is -0.493 e. The number of benzene rings is 2. The minimum absolute atomic E-state index is 0.222. The van der Waals surface area contributed by atoms with Gasteiger partial charge in [-0.15, -0.1) is 10.2 Å². The van der Waals surface area contributed by atoms with Gasteiger partial charge in [0.15, 0.2) is 11.5 Å². The van der Waals surface area contributed by atoms with Gasteiger partial charge in [-0.25, -0.2) is 0 Å². The Kier molecular flexibility index (Phi) is 4.48. The third-order valence-corrected chi connectivity index (χ3v) is 3.87. The number of tetrazole rings is 1. The van der Waals surface area contributed by atoms with Crippen molar-refractivity contribution in [3.05, 3.63) is 54.4 Å². The molecule has 0 unspecified atom stereocenters. The van der Waals surface area contributed by atoms with Crippen LogP contribution in [0.1, 0.15) is 5.89 Å². The largest absolute Gasteiger partial charge is 0.493 e. The summed E-state index contributed by atoms with van der Waals surface area (Å²) in [6.07, 6.45) is 0. The third kappa shape index (κ3) is 3.47. The number of aromatic nitrogens is 6. The first-order valence-electron chi connectivity index (χ1n) is 8.15. The summed E-state index contributed by atoms with van der Waals surface area (Å²) in [6, 6.07) is 15.0. The van der Waals surface area contributed by atoms with Crippen molar-refractivity contribution in [1.82, 2.24) is 30.3 Å². The van der Waals surface area contributed by atoms with E-state index in [1.54, 1.807) is 26.4 Å². The monoisotopic (exact) mass is 364 g/mol. The molecule has 0 amide bonds. The standard InChI is InChI=1S/C18H16N6O3/c1-25-14-9-8-13(10-15(14)26-2)17-19-16(27-22-17)11-24-21-18(20-23-24)12-6-4-3-5-7-12/h3-10H,11H2,1-2H3. The molecule has 0 aliphatic heterocycles. The van der Waals surface area contributed by atoms with Crippen molar-refractivity contribution >= 4 is 0 Å². The SMILES string of the molecule is COc1ccc(-c2noc(Cn3nnc(-c4ccccc4)n3)n2)cc1OC. The van der Waals surface area contributed by atoms with Crippen LogP contribution in [0.15, 0.2) is 53.1 Å². The van der Waals surface area contributed by atoms with Crippen molar-refractivity contribution in [2.45, 2.75) is 6.54 Å². The van der Waals surface area contributed by atoms with Crippen molar-refractivity contribution in [2.75, 3.05) is 14.2 Å². The Bertz CT molecular complexity index is 1040. The van der Waals surface area contributed by atoms with Gasteiger partial charge < -0.3 is 14.0 Å². The lowest BCUT2D eigenvalue weighted by Gasteiger charge is -2.07. The van der Waals surface area contributed by atoms with Crippen LogP contribution in [0.2, 0.25) is 0 Å². The van der Waals surface area contributed by atoms with E-state index in [-0.39, 0.29) is 6.54 Å². The van der Waals surface area contributed by atoms with E-state index in [9.17, 15) is 0 Å². The fourth-order valence-electron chi connectivity index (χ4n) is 2.55. The van der Waals surface area contributed by atoms with Gasteiger partial charge in [-0.2, -0.15) is 9.78 Å². The van der Waals surface area contributed by atoms with Crippen molar-refractivity contribution < 1.29 is 14.0 Å². The minimum atomic E-state index is 0.222. The molecule has 0 bridgehead atoms. The zero-order valence-corrected chi connectivity index (χ0v) is 14.7. The first-order chi connectivity index (χ1) is 13.3. The van der Waals surface area contributed by atoms with E-state index in [1.165, 1.54) is 4.80 Å². The van der Waals surface area contributed by atoms with Gasteiger partial charge in [0.1, 0.15) is 6.54 Å². The molecule has 0 aliphatic rings. The lowest BCUT2D eigenvalue weighted by molar-refractivity contribution is 0.354. The van der Waals surface area contributed by atoms with Crippen molar-refractivity contribution in [2.24, 2.45) is 0 Å². The molecule has 0 saturated heterocycles. The van der Waals surface area contributed by atoms with Gasteiger partial charge in [0.05, 0.1) is 14.2 Å². The summed E-state index contributed by atoms with van der Waals surface area (Å²) in [6.45, 7) is 0.222. The Balaban J connectivity index is 1.53. The molecule has 136 valence electrons. The van der Waals surface area contributed by atoms with Gasteiger partial charge >= 0.3 is 0 Å². The molecular weight excluding hydrogens is 348 g/mol. The fraction of sp³-hybridized carbons (Fsp3) is 0.167. The van der Waals surface area contributed by atoms with E-state index in [0.717, 1.165) is 11.1 Å². The molecule has 4 rings (SSSR count). The average molecular weight is 364 g/mol. The van der Waals surface area contributed by atoms with Gasteiger partial charge in [0.25, 0.3) is 5.89 Å². The number of rotatable bonds is 6. The molecule has 0 radical (unpaired) electrons. The van der Waals surface area contributed by atoms with E-state index < -0.39 is 0 Å². The maximum Gasteiger partial charge on any atom is 0.250 e. The number of methoxy groups -OCH3 is 2. The summed E-state index contributed by atoms with van der Waals surface area (Å²) in [5.41, 5.74) is 1.64. The normalized spacial score (nSPS) is 10.7. The summed E-state index contributed by atoms with van der Waals surface area (Å²) in [4.78, 5) is 5.80. The van der Waals surface area contributed by atoms with Crippen molar-refractivity contribution in [1.29, 1.82) is 0 Å². The van der Waals surface area contributed by atoms with Gasteiger partial charge in [-0.3, -0.25) is 0 Å². The maximum absolute atomic E-state index is 5.31. The average Bonchev–Trinajstić information content (AvgIpc) is 3.38. The van der Waals surface area contributed by atoms with Crippen LogP contribution < -0.4 is 9.47 Å². The number of ether oxygens (including phenoxy) is 2. The molecule has 0 saturated carbocycles. The molecule has 0 aliphatic carbocycles. The number of hydrogen-bond donors (Lipinski definition) is 0. The summed E-state index contributed by atoms with van der Waals surface area (Å²) in [5.74, 6) is 2.57. The van der Waals surface area contributed by atoms with Gasteiger partial charge in [0, 0.05) is 11.1 Å². The highest BCUT2D eigenvalue weighted by Gasteiger charge is 2.14. The highest BCUT2D eigenvalue weighted by Crippen LogP contribution is 2.31. The smallest absolute Gasteiger partial charge is 0.250 e. The quantitative estimate of drug-likeness (QED) is 0.514. The van der Waals surface area contributed by atoms with E-state index in [0.29, 0.717) is 29.0 Å².